The maximum atomic E-state index is 10.1. The van der Waals surface area contributed by atoms with E-state index in [0.717, 1.165) is 11.4 Å². The number of hydrogen-bond acceptors (Lipinski definition) is 3. The third kappa shape index (κ3) is 2.53. The summed E-state index contributed by atoms with van der Waals surface area (Å²) >= 11 is 1.62. The predicted octanol–water partition coefficient (Wildman–Crippen LogP) is 1.87. The molecule has 74 valence electrons. The van der Waals surface area contributed by atoms with Gasteiger partial charge in [-0.05, 0) is 37.4 Å². The molecule has 2 nitrogen and oxygen atoms in total. The van der Waals surface area contributed by atoms with Crippen molar-refractivity contribution >= 4 is 11.3 Å². The first-order valence-electron chi connectivity index (χ1n) is 4.55. The van der Waals surface area contributed by atoms with Gasteiger partial charge in [0.15, 0.2) is 0 Å². The predicted molar refractivity (Wildman–Crippen MR) is 57.2 cm³/mol. The van der Waals surface area contributed by atoms with Crippen molar-refractivity contribution in [1.29, 1.82) is 0 Å². The number of rotatable bonds is 4. The summed E-state index contributed by atoms with van der Waals surface area (Å²) in [6, 6.07) is 2.04. The minimum atomic E-state index is -0.728. The Labute approximate surface area is 83.6 Å². The van der Waals surface area contributed by atoms with Gasteiger partial charge in [-0.15, -0.1) is 11.3 Å². The molecule has 0 radical (unpaired) electrons. The lowest BCUT2D eigenvalue weighted by Crippen LogP contribution is -2.35. The van der Waals surface area contributed by atoms with Gasteiger partial charge in [0, 0.05) is 11.4 Å². The van der Waals surface area contributed by atoms with Crippen molar-refractivity contribution in [3.8, 4) is 0 Å². The van der Waals surface area contributed by atoms with Crippen LogP contribution in [-0.2, 0) is 5.60 Å². The summed E-state index contributed by atoms with van der Waals surface area (Å²) in [6.07, 6.45) is 0. The first-order valence-corrected chi connectivity index (χ1v) is 5.43. The van der Waals surface area contributed by atoms with Gasteiger partial charge in [-0.1, -0.05) is 6.92 Å². The van der Waals surface area contributed by atoms with Gasteiger partial charge in [-0.25, -0.2) is 0 Å². The van der Waals surface area contributed by atoms with Gasteiger partial charge in [-0.2, -0.15) is 0 Å². The van der Waals surface area contributed by atoms with E-state index in [0.29, 0.717) is 6.54 Å². The summed E-state index contributed by atoms with van der Waals surface area (Å²) in [4.78, 5) is 1.06. The van der Waals surface area contributed by atoms with E-state index in [4.69, 9.17) is 0 Å². The minimum absolute atomic E-state index is 0.616. The highest BCUT2D eigenvalue weighted by molar-refractivity contribution is 7.10. The number of aliphatic hydroxyl groups is 1. The van der Waals surface area contributed by atoms with E-state index < -0.39 is 5.60 Å². The molecule has 2 N–H and O–H groups in total. The quantitative estimate of drug-likeness (QED) is 0.776. The van der Waals surface area contributed by atoms with Crippen molar-refractivity contribution in [1.82, 2.24) is 5.32 Å². The van der Waals surface area contributed by atoms with Gasteiger partial charge in [0.2, 0.25) is 0 Å². The molecule has 0 saturated carbocycles. The summed E-state index contributed by atoms with van der Waals surface area (Å²) < 4.78 is 0. The monoisotopic (exact) mass is 199 g/mol. The van der Waals surface area contributed by atoms with Crippen molar-refractivity contribution in [2.24, 2.45) is 0 Å². The Morgan fingerprint density at radius 2 is 2.31 bits per heavy atom. The second-order valence-corrected chi connectivity index (χ2v) is 4.40. The summed E-state index contributed by atoms with van der Waals surface area (Å²) in [5.74, 6) is 0. The lowest BCUT2D eigenvalue weighted by molar-refractivity contribution is 0.0608. The lowest BCUT2D eigenvalue weighted by atomic mass is 10.0. The zero-order valence-corrected chi connectivity index (χ0v) is 9.24. The van der Waals surface area contributed by atoms with E-state index in [9.17, 15) is 5.11 Å². The van der Waals surface area contributed by atoms with Crippen molar-refractivity contribution in [3.05, 3.63) is 21.9 Å². The Bertz CT molecular complexity index is 268. The first kappa shape index (κ1) is 10.7. The van der Waals surface area contributed by atoms with Gasteiger partial charge >= 0.3 is 0 Å². The van der Waals surface area contributed by atoms with Crippen molar-refractivity contribution in [3.63, 3.8) is 0 Å². The Hall–Kier alpha value is -0.380. The second-order valence-electron chi connectivity index (χ2n) is 3.49. The molecule has 1 aromatic heterocycles. The largest absolute Gasteiger partial charge is 0.383 e. The van der Waals surface area contributed by atoms with Crippen LogP contribution in [0.1, 0.15) is 24.3 Å². The van der Waals surface area contributed by atoms with Crippen LogP contribution in [0.2, 0.25) is 0 Å². The SMILES string of the molecule is CCNCC(C)(O)c1sccc1C. The minimum Gasteiger partial charge on any atom is -0.383 e. The second kappa shape index (κ2) is 4.22. The molecule has 0 aromatic carbocycles. The van der Waals surface area contributed by atoms with Crippen molar-refractivity contribution in [2.75, 3.05) is 13.1 Å². The van der Waals surface area contributed by atoms with E-state index in [1.54, 1.807) is 11.3 Å². The highest BCUT2D eigenvalue weighted by Gasteiger charge is 2.25. The maximum absolute atomic E-state index is 10.1. The summed E-state index contributed by atoms with van der Waals surface area (Å²) in [7, 11) is 0. The topological polar surface area (TPSA) is 32.3 Å². The molecule has 1 rings (SSSR count). The molecule has 1 heterocycles. The maximum Gasteiger partial charge on any atom is 0.109 e. The Kier molecular flexibility index (Phi) is 3.47. The van der Waals surface area contributed by atoms with Crippen LogP contribution >= 0.6 is 11.3 Å². The zero-order valence-electron chi connectivity index (χ0n) is 8.42. The van der Waals surface area contributed by atoms with Gasteiger partial charge in [-0.3, -0.25) is 0 Å². The molecule has 0 aliphatic carbocycles. The number of aryl methyl sites for hydroxylation is 1. The molecule has 0 amide bonds. The van der Waals surface area contributed by atoms with Gasteiger partial charge in [0.25, 0.3) is 0 Å². The van der Waals surface area contributed by atoms with E-state index >= 15 is 0 Å². The smallest absolute Gasteiger partial charge is 0.109 e. The molecule has 0 bridgehead atoms. The number of thiophene rings is 1. The summed E-state index contributed by atoms with van der Waals surface area (Å²) in [6.45, 7) is 7.43. The molecular weight excluding hydrogens is 182 g/mol. The molecule has 3 heteroatoms. The van der Waals surface area contributed by atoms with Crippen LogP contribution in [0.15, 0.2) is 11.4 Å². The standard InChI is InChI=1S/C10H17NOS/c1-4-11-7-10(3,12)9-8(2)5-6-13-9/h5-6,11-12H,4,7H2,1-3H3. The van der Waals surface area contributed by atoms with E-state index in [-0.39, 0.29) is 0 Å². The molecule has 0 aliphatic heterocycles. The molecular formula is C10H17NOS. The fraction of sp³-hybridized carbons (Fsp3) is 0.600. The van der Waals surface area contributed by atoms with Crippen LogP contribution < -0.4 is 5.32 Å². The molecule has 0 aliphatic rings. The Morgan fingerprint density at radius 3 is 2.77 bits per heavy atom. The highest BCUT2D eigenvalue weighted by atomic mass is 32.1. The average Bonchev–Trinajstić information content (AvgIpc) is 2.48. The lowest BCUT2D eigenvalue weighted by Gasteiger charge is -2.23. The first-order chi connectivity index (χ1) is 6.08. The molecule has 1 aromatic rings. The third-order valence-electron chi connectivity index (χ3n) is 2.07. The van der Waals surface area contributed by atoms with Gasteiger partial charge < -0.3 is 10.4 Å². The Balaban J connectivity index is 2.74. The van der Waals surface area contributed by atoms with Crippen LogP contribution in [0.3, 0.4) is 0 Å². The summed E-state index contributed by atoms with van der Waals surface area (Å²) in [5.41, 5.74) is 0.446. The van der Waals surface area contributed by atoms with Gasteiger partial charge in [0.05, 0.1) is 0 Å². The third-order valence-corrected chi connectivity index (χ3v) is 3.34. The van der Waals surface area contributed by atoms with Crippen molar-refractivity contribution in [2.45, 2.75) is 26.4 Å². The summed E-state index contributed by atoms with van der Waals surface area (Å²) in [5, 5.41) is 15.3. The van der Waals surface area contributed by atoms with Crippen LogP contribution in [0.4, 0.5) is 0 Å². The van der Waals surface area contributed by atoms with Gasteiger partial charge in [0.1, 0.15) is 5.60 Å². The molecule has 0 saturated heterocycles. The van der Waals surface area contributed by atoms with Crippen LogP contribution in [-0.4, -0.2) is 18.2 Å². The van der Waals surface area contributed by atoms with Crippen LogP contribution in [0.25, 0.3) is 0 Å². The average molecular weight is 199 g/mol. The van der Waals surface area contributed by atoms with E-state index in [1.165, 1.54) is 5.56 Å². The number of likely N-dealkylation sites (N-methyl/N-ethyl adjacent to an activating group) is 1. The zero-order chi connectivity index (χ0) is 9.90. The highest BCUT2D eigenvalue weighted by Crippen LogP contribution is 2.28. The Morgan fingerprint density at radius 1 is 1.62 bits per heavy atom. The molecule has 1 unspecified atom stereocenters. The normalized spacial score (nSPS) is 15.7. The fourth-order valence-corrected chi connectivity index (χ4v) is 2.36. The van der Waals surface area contributed by atoms with E-state index in [1.807, 2.05) is 32.2 Å². The number of hydrogen-bond donors (Lipinski definition) is 2. The van der Waals surface area contributed by atoms with Crippen LogP contribution in [0.5, 0.6) is 0 Å². The number of nitrogens with one attached hydrogen (secondary N) is 1. The fourth-order valence-electron chi connectivity index (χ4n) is 1.37. The molecule has 0 spiro atoms. The molecule has 13 heavy (non-hydrogen) atoms. The molecule has 0 fully saturated rings. The van der Waals surface area contributed by atoms with Crippen LogP contribution in [0, 0.1) is 6.92 Å². The molecule has 1 atom stereocenters. The van der Waals surface area contributed by atoms with E-state index in [2.05, 4.69) is 5.32 Å². The van der Waals surface area contributed by atoms with Crippen molar-refractivity contribution < 1.29 is 5.11 Å².